The van der Waals surface area contributed by atoms with Gasteiger partial charge in [-0.15, -0.1) is 0 Å². The summed E-state index contributed by atoms with van der Waals surface area (Å²) in [6, 6.07) is 8.59. The highest BCUT2D eigenvalue weighted by Crippen LogP contribution is 2.24. The van der Waals surface area contributed by atoms with Crippen molar-refractivity contribution in [2.24, 2.45) is 0 Å². The molecule has 0 atom stereocenters. The first kappa shape index (κ1) is 18.6. The fourth-order valence-electron chi connectivity index (χ4n) is 2.79. The molecule has 1 N–H and O–H groups in total. The Bertz CT molecular complexity index is 772. The number of carbonyl (C=O) groups excluding carboxylic acids is 2. The highest BCUT2D eigenvalue weighted by Gasteiger charge is 2.25. The van der Waals surface area contributed by atoms with Gasteiger partial charge in [0, 0.05) is 44.8 Å². The summed E-state index contributed by atoms with van der Waals surface area (Å²) in [4.78, 5) is 28.0. The lowest BCUT2D eigenvalue weighted by molar-refractivity contribution is -0.132. The number of nitrogens with zero attached hydrogens (tertiary/aromatic N) is 2. The van der Waals surface area contributed by atoms with E-state index in [1.165, 1.54) is 6.26 Å². The Hall–Kier alpha value is -2.18. The van der Waals surface area contributed by atoms with Crippen molar-refractivity contribution in [3.05, 3.63) is 52.4 Å². The van der Waals surface area contributed by atoms with E-state index in [-0.39, 0.29) is 11.8 Å². The molecule has 0 aliphatic carbocycles. The quantitative estimate of drug-likeness (QED) is 0.842. The van der Waals surface area contributed by atoms with Gasteiger partial charge in [0.1, 0.15) is 0 Å². The summed E-state index contributed by atoms with van der Waals surface area (Å²) in [5.74, 6) is 0.252. The molecule has 2 aromatic rings. The average molecular weight is 396 g/mol. The maximum Gasteiger partial charge on any atom is 0.289 e. The first-order valence-electron chi connectivity index (χ1n) is 8.34. The topological polar surface area (TPSA) is 65.8 Å². The normalized spacial score (nSPS) is 14.4. The molecule has 138 valence electrons. The molecule has 1 aromatic heterocycles. The molecule has 8 heteroatoms. The van der Waals surface area contributed by atoms with Crippen LogP contribution in [0.25, 0.3) is 0 Å². The van der Waals surface area contributed by atoms with Gasteiger partial charge in [-0.25, -0.2) is 0 Å². The zero-order valence-electron chi connectivity index (χ0n) is 14.1. The summed E-state index contributed by atoms with van der Waals surface area (Å²) in [7, 11) is 0. The summed E-state index contributed by atoms with van der Waals surface area (Å²) >= 11 is 11.8. The third-order valence-electron chi connectivity index (χ3n) is 4.24. The number of piperazine rings is 1. The number of nitrogens with one attached hydrogen (secondary N) is 1. The second kappa shape index (κ2) is 8.47. The van der Waals surface area contributed by atoms with Crippen LogP contribution < -0.4 is 5.32 Å². The minimum absolute atomic E-state index is 0.0580. The minimum Gasteiger partial charge on any atom is -0.459 e. The SMILES string of the molecule is O=C(CCNc1ccc(Cl)c(Cl)c1)N1CCN(C(=O)c2ccco2)CC1. The maximum absolute atomic E-state index is 12.3. The second-order valence-electron chi connectivity index (χ2n) is 5.96. The summed E-state index contributed by atoms with van der Waals surface area (Å²) in [6.45, 7) is 2.56. The molecule has 2 heterocycles. The van der Waals surface area contributed by atoms with E-state index in [9.17, 15) is 9.59 Å². The van der Waals surface area contributed by atoms with Gasteiger partial charge in [-0.1, -0.05) is 23.2 Å². The van der Waals surface area contributed by atoms with Crippen LogP contribution in [-0.4, -0.2) is 54.3 Å². The summed E-state index contributed by atoms with van der Waals surface area (Å²) in [5.41, 5.74) is 0.820. The number of hydrogen-bond acceptors (Lipinski definition) is 4. The van der Waals surface area contributed by atoms with Crippen molar-refractivity contribution < 1.29 is 14.0 Å². The zero-order valence-corrected chi connectivity index (χ0v) is 15.6. The lowest BCUT2D eigenvalue weighted by Gasteiger charge is -2.34. The number of benzene rings is 1. The number of carbonyl (C=O) groups is 2. The smallest absolute Gasteiger partial charge is 0.289 e. The first-order valence-corrected chi connectivity index (χ1v) is 9.09. The van der Waals surface area contributed by atoms with E-state index in [0.29, 0.717) is 55.0 Å². The van der Waals surface area contributed by atoms with Crippen molar-refractivity contribution >= 4 is 40.7 Å². The van der Waals surface area contributed by atoms with Gasteiger partial charge in [-0.05, 0) is 30.3 Å². The zero-order chi connectivity index (χ0) is 18.5. The van der Waals surface area contributed by atoms with Crippen LogP contribution in [0.1, 0.15) is 17.0 Å². The molecule has 2 amide bonds. The molecule has 0 saturated carbocycles. The molecule has 1 aliphatic rings. The van der Waals surface area contributed by atoms with Gasteiger partial charge in [-0.2, -0.15) is 0 Å². The van der Waals surface area contributed by atoms with E-state index in [2.05, 4.69) is 5.32 Å². The molecule has 0 spiro atoms. The lowest BCUT2D eigenvalue weighted by Crippen LogP contribution is -2.50. The fraction of sp³-hybridized carbons (Fsp3) is 0.333. The standard InChI is InChI=1S/C18H19Cl2N3O3/c19-14-4-3-13(12-15(14)20)21-6-5-17(24)22-7-9-23(10-8-22)18(25)16-2-1-11-26-16/h1-4,11-12,21H,5-10H2. The second-order valence-corrected chi connectivity index (χ2v) is 6.77. The molecule has 1 aromatic carbocycles. The number of anilines is 1. The average Bonchev–Trinajstić information content (AvgIpc) is 3.19. The van der Waals surface area contributed by atoms with Gasteiger partial charge in [-0.3, -0.25) is 9.59 Å². The van der Waals surface area contributed by atoms with Crippen LogP contribution >= 0.6 is 23.2 Å². The Morgan fingerprint density at radius 2 is 1.77 bits per heavy atom. The molecule has 0 unspecified atom stereocenters. The van der Waals surface area contributed by atoms with Gasteiger partial charge in [0.25, 0.3) is 5.91 Å². The Morgan fingerprint density at radius 1 is 1.04 bits per heavy atom. The van der Waals surface area contributed by atoms with Gasteiger partial charge in [0.15, 0.2) is 5.76 Å². The summed E-state index contributed by atoms with van der Waals surface area (Å²) in [6.07, 6.45) is 1.85. The number of hydrogen-bond donors (Lipinski definition) is 1. The van der Waals surface area contributed by atoms with E-state index in [1.807, 2.05) is 6.07 Å². The van der Waals surface area contributed by atoms with Crippen LogP contribution in [0, 0.1) is 0 Å². The maximum atomic E-state index is 12.3. The van der Waals surface area contributed by atoms with Gasteiger partial charge >= 0.3 is 0 Å². The number of amides is 2. The van der Waals surface area contributed by atoms with E-state index in [0.717, 1.165) is 5.69 Å². The van der Waals surface area contributed by atoms with E-state index >= 15 is 0 Å². The van der Waals surface area contributed by atoms with Crippen molar-refractivity contribution in [3.63, 3.8) is 0 Å². The predicted molar refractivity (Wildman–Crippen MR) is 101 cm³/mol. The number of furan rings is 1. The monoisotopic (exact) mass is 395 g/mol. The van der Waals surface area contributed by atoms with E-state index < -0.39 is 0 Å². The molecular weight excluding hydrogens is 377 g/mol. The molecule has 6 nitrogen and oxygen atoms in total. The Balaban J connectivity index is 1.42. The summed E-state index contributed by atoms with van der Waals surface area (Å²) < 4.78 is 5.14. The first-order chi connectivity index (χ1) is 12.5. The van der Waals surface area contributed by atoms with Gasteiger partial charge in [0.05, 0.1) is 16.3 Å². The largest absolute Gasteiger partial charge is 0.459 e. The van der Waals surface area contributed by atoms with Crippen LogP contribution in [0.2, 0.25) is 10.0 Å². The Morgan fingerprint density at radius 3 is 2.42 bits per heavy atom. The van der Waals surface area contributed by atoms with Crippen LogP contribution in [0.4, 0.5) is 5.69 Å². The summed E-state index contributed by atoms with van der Waals surface area (Å²) in [5, 5.41) is 4.13. The van der Waals surface area contributed by atoms with Crippen molar-refractivity contribution in [1.29, 1.82) is 0 Å². The van der Waals surface area contributed by atoms with Crippen LogP contribution in [-0.2, 0) is 4.79 Å². The Kier molecular flexibility index (Phi) is 6.06. The Labute approximate surface area is 161 Å². The predicted octanol–water partition coefficient (Wildman–Crippen LogP) is 3.37. The van der Waals surface area contributed by atoms with E-state index in [1.54, 1.807) is 34.1 Å². The van der Waals surface area contributed by atoms with Crippen LogP contribution in [0.5, 0.6) is 0 Å². The number of halogens is 2. The molecule has 1 fully saturated rings. The minimum atomic E-state index is -0.136. The molecule has 0 radical (unpaired) electrons. The van der Waals surface area contributed by atoms with Crippen molar-refractivity contribution in [3.8, 4) is 0 Å². The van der Waals surface area contributed by atoms with Crippen LogP contribution in [0.3, 0.4) is 0 Å². The van der Waals surface area contributed by atoms with Gasteiger partial charge < -0.3 is 19.5 Å². The van der Waals surface area contributed by atoms with Gasteiger partial charge in [0.2, 0.25) is 5.91 Å². The molecule has 1 aliphatic heterocycles. The fourth-order valence-corrected chi connectivity index (χ4v) is 3.09. The molecule has 0 bridgehead atoms. The molecular formula is C18H19Cl2N3O3. The third-order valence-corrected chi connectivity index (χ3v) is 4.98. The molecule has 26 heavy (non-hydrogen) atoms. The van der Waals surface area contributed by atoms with Crippen LogP contribution in [0.15, 0.2) is 41.0 Å². The highest BCUT2D eigenvalue weighted by atomic mass is 35.5. The lowest BCUT2D eigenvalue weighted by atomic mass is 10.2. The third kappa shape index (κ3) is 4.51. The highest BCUT2D eigenvalue weighted by molar-refractivity contribution is 6.42. The van der Waals surface area contributed by atoms with E-state index in [4.69, 9.17) is 27.6 Å². The molecule has 3 rings (SSSR count). The van der Waals surface area contributed by atoms with Crippen molar-refractivity contribution in [2.45, 2.75) is 6.42 Å². The van der Waals surface area contributed by atoms with Crippen molar-refractivity contribution in [2.75, 3.05) is 38.0 Å². The van der Waals surface area contributed by atoms with Crippen molar-refractivity contribution in [1.82, 2.24) is 9.80 Å². The molecule has 1 saturated heterocycles. The number of rotatable bonds is 5.